The lowest BCUT2D eigenvalue weighted by molar-refractivity contribution is -0.120. The van der Waals surface area contributed by atoms with Gasteiger partial charge in [-0.1, -0.05) is 12.1 Å². The van der Waals surface area contributed by atoms with Crippen LogP contribution >= 0.6 is 11.3 Å². The molecular formula is C14H15N3O3S. The molecule has 110 valence electrons. The van der Waals surface area contributed by atoms with Gasteiger partial charge in [-0.05, 0) is 23.6 Å². The minimum absolute atomic E-state index is 0.216. The summed E-state index contributed by atoms with van der Waals surface area (Å²) in [6.07, 6.45) is 0. The molecule has 2 amide bonds. The summed E-state index contributed by atoms with van der Waals surface area (Å²) in [5, 5.41) is 4.57. The van der Waals surface area contributed by atoms with Crippen LogP contribution in [0, 0.1) is 0 Å². The first-order chi connectivity index (χ1) is 10.1. The highest BCUT2D eigenvalue weighted by Crippen LogP contribution is 2.21. The van der Waals surface area contributed by atoms with E-state index in [4.69, 9.17) is 16.2 Å². The van der Waals surface area contributed by atoms with E-state index in [9.17, 15) is 9.59 Å². The quantitative estimate of drug-likeness (QED) is 0.746. The van der Waals surface area contributed by atoms with E-state index in [2.05, 4.69) is 5.32 Å². The molecule has 7 heteroatoms. The first-order valence-electron chi connectivity index (χ1n) is 6.17. The summed E-state index contributed by atoms with van der Waals surface area (Å²) < 4.78 is 5.17. The van der Waals surface area contributed by atoms with Crippen LogP contribution in [0.3, 0.4) is 0 Å². The van der Waals surface area contributed by atoms with Crippen molar-refractivity contribution in [2.75, 3.05) is 11.9 Å². The molecule has 0 saturated carbocycles. The Morgan fingerprint density at radius 1 is 1.29 bits per heavy atom. The van der Waals surface area contributed by atoms with Gasteiger partial charge >= 0.3 is 0 Å². The number of hydrogen-bond acceptors (Lipinski definition) is 5. The van der Waals surface area contributed by atoms with Crippen molar-refractivity contribution in [2.24, 2.45) is 11.5 Å². The van der Waals surface area contributed by atoms with Crippen molar-refractivity contribution in [2.45, 2.75) is 6.04 Å². The highest BCUT2D eigenvalue weighted by molar-refractivity contribution is 7.10. The zero-order chi connectivity index (χ0) is 15.2. The predicted octanol–water partition coefficient (Wildman–Crippen LogP) is 1.25. The molecule has 2 aromatic rings. The third-order valence-corrected chi connectivity index (χ3v) is 3.57. The van der Waals surface area contributed by atoms with Crippen LogP contribution in [0.15, 0.2) is 41.8 Å². The SMILES string of the molecule is NC(=O)COc1cccc(NC(=O)C(N)c2cccs2)c1. The van der Waals surface area contributed by atoms with E-state index in [1.807, 2.05) is 11.4 Å². The number of primary amides is 1. The Labute approximate surface area is 125 Å². The van der Waals surface area contributed by atoms with E-state index in [1.165, 1.54) is 11.3 Å². The Morgan fingerprint density at radius 3 is 2.76 bits per heavy atom. The number of rotatable bonds is 6. The van der Waals surface area contributed by atoms with Gasteiger partial charge in [-0.2, -0.15) is 0 Å². The van der Waals surface area contributed by atoms with Crippen LogP contribution in [-0.4, -0.2) is 18.4 Å². The summed E-state index contributed by atoms with van der Waals surface area (Å²) in [5.41, 5.74) is 11.4. The molecule has 0 spiro atoms. The fourth-order valence-electron chi connectivity index (χ4n) is 1.64. The summed E-state index contributed by atoms with van der Waals surface area (Å²) in [6, 6.07) is 9.59. The van der Waals surface area contributed by atoms with Crippen LogP contribution < -0.4 is 21.5 Å². The largest absolute Gasteiger partial charge is 0.484 e. The fourth-order valence-corrected chi connectivity index (χ4v) is 2.36. The van der Waals surface area contributed by atoms with Crippen molar-refractivity contribution < 1.29 is 14.3 Å². The second-order valence-corrected chi connectivity index (χ2v) is 5.24. The molecule has 1 aromatic heterocycles. The summed E-state index contributed by atoms with van der Waals surface area (Å²) in [7, 11) is 0. The molecule has 0 bridgehead atoms. The van der Waals surface area contributed by atoms with Crippen molar-refractivity contribution in [1.29, 1.82) is 0 Å². The molecule has 21 heavy (non-hydrogen) atoms. The Hall–Kier alpha value is -2.38. The Morgan fingerprint density at radius 2 is 2.10 bits per heavy atom. The highest BCUT2D eigenvalue weighted by Gasteiger charge is 2.16. The van der Waals surface area contributed by atoms with Crippen LogP contribution in [0.4, 0.5) is 5.69 Å². The number of benzene rings is 1. The molecule has 1 atom stereocenters. The van der Waals surface area contributed by atoms with Gasteiger partial charge in [0.1, 0.15) is 11.8 Å². The van der Waals surface area contributed by atoms with Gasteiger partial charge in [-0.25, -0.2) is 0 Å². The number of nitrogens with one attached hydrogen (secondary N) is 1. The maximum atomic E-state index is 12.0. The van der Waals surface area contributed by atoms with Crippen LogP contribution in [0.5, 0.6) is 5.75 Å². The Kier molecular flexibility index (Phi) is 4.91. The molecule has 5 N–H and O–H groups in total. The Balaban J connectivity index is 2.00. The summed E-state index contributed by atoms with van der Waals surface area (Å²) >= 11 is 1.42. The number of anilines is 1. The number of thiophene rings is 1. The zero-order valence-corrected chi connectivity index (χ0v) is 11.9. The lowest BCUT2D eigenvalue weighted by Gasteiger charge is -2.11. The average molecular weight is 305 g/mol. The average Bonchev–Trinajstić information content (AvgIpc) is 2.98. The number of hydrogen-bond donors (Lipinski definition) is 3. The van der Waals surface area contributed by atoms with Gasteiger partial charge < -0.3 is 21.5 Å². The second-order valence-electron chi connectivity index (χ2n) is 4.27. The first-order valence-corrected chi connectivity index (χ1v) is 7.05. The van der Waals surface area contributed by atoms with E-state index in [1.54, 1.807) is 30.3 Å². The number of nitrogens with two attached hydrogens (primary N) is 2. The summed E-state index contributed by atoms with van der Waals surface area (Å²) in [5.74, 6) is -0.440. The smallest absolute Gasteiger partial charge is 0.255 e. The first kappa shape index (κ1) is 15.0. The maximum absolute atomic E-state index is 12.0. The van der Waals surface area contributed by atoms with E-state index >= 15 is 0 Å². The molecule has 0 aliphatic carbocycles. The van der Waals surface area contributed by atoms with Crippen molar-refractivity contribution in [1.82, 2.24) is 0 Å². The van der Waals surface area contributed by atoms with Crippen molar-refractivity contribution in [3.8, 4) is 5.75 Å². The van der Waals surface area contributed by atoms with Gasteiger partial charge in [0.05, 0.1) is 0 Å². The lowest BCUT2D eigenvalue weighted by atomic mass is 10.2. The summed E-state index contributed by atoms with van der Waals surface area (Å²) in [4.78, 5) is 23.5. The zero-order valence-electron chi connectivity index (χ0n) is 11.1. The number of ether oxygens (including phenoxy) is 1. The molecule has 1 unspecified atom stereocenters. The van der Waals surface area contributed by atoms with Crippen molar-refractivity contribution in [3.05, 3.63) is 46.7 Å². The second kappa shape index (κ2) is 6.87. The summed E-state index contributed by atoms with van der Waals surface area (Å²) in [6.45, 7) is -0.216. The van der Waals surface area contributed by atoms with Gasteiger partial charge in [0.25, 0.3) is 5.91 Å². The molecule has 0 saturated heterocycles. The molecule has 2 rings (SSSR count). The lowest BCUT2D eigenvalue weighted by Crippen LogP contribution is -2.27. The number of carbonyl (C=O) groups is 2. The monoisotopic (exact) mass is 305 g/mol. The van der Waals surface area contributed by atoms with Gasteiger partial charge in [0.15, 0.2) is 6.61 Å². The van der Waals surface area contributed by atoms with E-state index < -0.39 is 11.9 Å². The van der Waals surface area contributed by atoms with Crippen LogP contribution in [0.25, 0.3) is 0 Å². The molecular weight excluding hydrogens is 290 g/mol. The van der Waals surface area contributed by atoms with Gasteiger partial charge in [0.2, 0.25) is 5.91 Å². The van der Waals surface area contributed by atoms with Crippen molar-refractivity contribution >= 4 is 28.8 Å². The van der Waals surface area contributed by atoms with E-state index in [-0.39, 0.29) is 12.5 Å². The minimum atomic E-state index is -0.722. The van der Waals surface area contributed by atoms with Gasteiger partial charge in [-0.15, -0.1) is 11.3 Å². The number of carbonyl (C=O) groups excluding carboxylic acids is 2. The molecule has 0 aliphatic rings. The topological polar surface area (TPSA) is 107 Å². The normalized spacial score (nSPS) is 11.7. The maximum Gasteiger partial charge on any atom is 0.255 e. The van der Waals surface area contributed by atoms with E-state index in [0.29, 0.717) is 11.4 Å². The minimum Gasteiger partial charge on any atom is -0.484 e. The predicted molar refractivity (Wildman–Crippen MR) is 81.0 cm³/mol. The van der Waals surface area contributed by atoms with Gasteiger partial charge in [0, 0.05) is 16.6 Å². The van der Waals surface area contributed by atoms with Crippen LogP contribution in [0.1, 0.15) is 10.9 Å². The van der Waals surface area contributed by atoms with Crippen molar-refractivity contribution in [3.63, 3.8) is 0 Å². The molecule has 1 heterocycles. The fraction of sp³-hybridized carbons (Fsp3) is 0.143. The van der Waals surface area contributed by atoms with E-state index in [0.717, 1.165) is 4.88 Å². The molecule has 0 fully saturated rings. The highest BCUT2D eigenvalue weighted by atomic mass is 32.1. The van der Waals surface area contributed by atoms with Crippen LogP contribution in [-0.2, 0) is 9.59 Å². The molecule has 0 aliphatic heterocycles. The van der Waals surface area contributed by atoms with Gasteiger partial charge in [-0.3, -0.25) is 9.59 Å². The molecule has 0 radical (unpaired) electrons. The molecule has 1 aromatic carbocycles. The van der Waals surface area contributed by atoms with Crippen LogP contribution in [0.2, 0.25) is 0 Å². The number of amides is 2. The standard InChI is InChI=1S/C14H15N3O3S/c15-12(18)8-20-10-4-1-3-9(7-10)17-14(19)13(16)11-5-2-6-21-11/h1-7,13H,8,16H2,(H2,15,18)(H,17,19). The third-order valence-electron chi connectivity index (χ3n) is 2.61. The molecule has 6 nitrogen and oxygen atoms in total. The Bertz CT molecular complexity index is 628. The third kappa shape index (κ3) is 4.30.